The number of nitrogens with zero attached hydrogens (tertiary/aromatic N) is 2. The van der Waals surface area contributed by atoms with Crippen LogP contribution in [0.4, 0.5) is 5.69 Å². The zero-order valence-electron chi connectivity index (χ0n) is 26.7. The summed E-state index contributed by atoms with van der Waals surface area (Å²) in [5.74, 6) is -0.335. The SMILES string of the molecule is COc1cccc(CN(C(=O)CN(c2ccc(C)c(Cl)c2)S(=O)(=O)c2ccccc2)[C@@H](Cc2ccccc2)C(=O)NC(C)(C)C)c1. The summed E-state index contributed by atoms with van der Waals surface area (Å²) in [6.45, 7) is 6.87. The van der Waals surface area contributed by atoms with Crippen molar-refractivity contribution in [1.29, 1.82) is 0 Å². The summed E-state index contributed by atoms with van der Waals surface area (Å²) >= 11 is 6.45. The smallest absolute Gasteiger partial charge is 0.264 e. The second kappa shape index (κ2) is 14.8. The van der Waals surface area contributed by atoms with Crippen LogP contribution < -0.4 is 14.4 Å². The van der Waals surface area contributed by atoms with Crippen molar-refractivity contribution in [3.8, 4) is 5.75 Å². The lowest BCUT2D eigenvalue weighted by molar-refractivity contribution is -0.140. The molecular weight excluding hydrogens is 622 g/mol. The maximum Gasteiger partial charge on any atom is 0.264 e. The summed E-state index contributed by atoms with van der Waals surface area (Å²) < 4.78 is 34.7. The number of rotatable bonds is 12. The van der Waals surface area contributed by atoms with Gasteiger partial charge in [0, 0.05) is 23.5 Å². The average molecular weight is 662 g/mol. The van der Waals surface area contributed by atoms with Crippen LogP contribution in [0, 0.1) is 6.92 Å². The first-order chi connectivity index (χ1) is 21.8. The molecule has 10 heteroatoms. The molecule has 0 heterocycles. The molecule has 242 valence electrons. The van der Waals surface area contributed by atoms with Gasteiger partial charge in [0.25, 0.3) is 10.0 Å². The van der Waals surface area contributed by atoms with Gasteiger partial charge in [-0.25, -0.2) is 8.42 Å². The highest BCUT2D eigenvalue weighted by Gasteiger charge is 2.35. The van der Waals surface area contributed by atoms with Crippen LogP contribution in [0.15, 0.2) is 108 Å². The number of anilines is 1. The average Bonchev–Trinajstić information content (AvgIpc) is 3.03. The number of ether oxygens (including phenoxy) is 1. The van der Waals surface area contributed by atoms with Gasteiger partial charge in [-0.3, -0.25) is 13.9 Å². The standard InChI is InChI=1S/C36H40ClN3O5S/c1-26-19-20-29(23-32(26)37)40(46(43,44)31-17-10-7-11-18-31)25-34(41)39(24-28-15-12-16-30(21-28)45-5)33(35(42)38-36(2,3)4)22-27-13-8-6-9-14-27/h6-21,23,33H,22,24-25H2,1-5H3,(H,38,42)/t33-/m0/s1. The maximum absolute atomic E-state index is 14.6. The van der Waals surface area contributed by atoms with Gasteiger partial charge in [-0.15, -0.1) is 0 Å². The number of aryl methyl sites for hydroxylation is 1. The molecule has 1 atom stereocenters. The monoisotopic (exact) mass is 661 g/mol. The van der Waals surface area contributed by atoms with E-state index >= 15 is 0 Å². The van der Waals surface area contributed by atoms with Gasteiger partial charge in [-0.2, -0.15) is 0 Å². The number of halogens is 1. The van der Waals surface area contributed by atoms with Crippen LogP contribution in [0.25, 0.3) is 0 Å². The molecular formula is C36H40ClN3O5S. The van der Waals surface area contributed by atoms with Crippen LogP contribution in [0.1, 0.15) is 37.5 Å². The molecule has 4 aromatic rings. The van der Waals surface area contributed by atoms with Crippen molar-refractivity contribution < 1.29 is 22.7 Å². The van der Waals surface area contributed by atoms with E-state index in [4.69, 9.17) is 16.3 Å². The number of nitrogens with one attached hydrogen (secondary N) is 1. The minimum atomic E-state index is -4.22. The molecule has 2 amide bonds. The molecule has 0 aliphatic carbocycles. The molecule has 4 rings (SSSR count). The highest BCUT2D eigenvalue weighted by molar-refractivity contribution is 7.92. The maximum atomic E-state index is 14.6. The summed E-state index contributed by atoms with van der Waals surface area (Å²) in [6.07, 6.45) is 0.209. The van der Waals surface area contributed by atoms with E-state index in [9.17, 15) is 18.0 Å². The number of amides is 2. The Morgan fingerprint density at radius 1 is 0.870 bits per heavy atom. The zero-order chi connectivity index (χ0) is 33.5. The van der Waals surface area contributed by atoms with E-state index in [2.05, 4.69) is 5.32 Å². The lowest BCUT2D eigenvalue weighted by Gasteiger charge is -2.35. The molecule has 0 aliphatic heterocycles. The minimum absolute atomic E-state index is 0.0187. The molecule has 0 fully saturated rings. The molecule has 0 aromatic heterocycles. The van der Waals surface area contributed by atoms with Gasteiger partial charge in [-0.05, 0) is 80.8 Å². The molecule has 0 spiro atoms. The Hall–Kier alpha value is -4.34. The van der Waals surface area contributed by atoms with E-state index in [1.807, 2.05) is 64.1 Å². The zero-order valence-corrected chi connectivity index (χ0v) is 28.3. The summed E-state index contributed by atoms with van der Waals surface area (Å²) in [6, 6.07) is 28.4. The molecule has 1 N–H and O–H groups in total. The van der Waals surface area contributed by atoms with E-state index in [-0.39, 0.29) is 29.5 Å². The molecule has 0 unspecified atom stereocenters. The molecule has 0 bridgehead atoms. The number of sulfonamides is 1. The van der Waals surface area contributed by atoms with Crippen LogP contribution in [0.3, 0.4) is 0 Å². The Labute approximate surface area is 277 Å². The normalized spacial score (nSPS) is 12.2. The van der Waals surface area contributed by atoms with Gasteiger partial charge in [0.15, 0.2) is 0 Å². The lowest BCUT2D eigenvalue weighted by Crippen LogP contribution is -2.56. The van der Waals surface area contributed by atoms with Gasteiger partial charge in [0.1, 0.15) is 18.3 Å². The molecule has 46 heavy (non-hydrogen) atoms. The van der Waals surface area contributed by atoms with Crippen molar-refractivity contribution in [2.45, 2.75) is 57.1 Å². The predicted molar refractivity (Wildman–Crippen MR) is 183 cm³/mol. The summed E-state index contributed by atoms with van der Waals surface area (Å²) in [4.78, 5) is 30.1. The first kappa shape index (κ1) is 34.5. The number of hydrogen-bond acceptors (Lipinski definition) is 5. The molecule has 0 saturated carbocycles. The first-order valence-corrected chi connectivity index (χ1v) is 16.7. The Balaban J connectivity index is 1.84. The quantitative estimate of drug-likeness (QED) is 0.189. The van der Waals surface area contributed by atoms with E-state index in [0.717, 1.165) is 15.4 Å². The molecule has 8 nitrogen and oxygen atoms in total. The fraction of sp³-hybridized carbons (Fsp3) is 0.278. The third-order valence-corrected chi connectivity index (χ3v) is 9.51. The van der Waals surface area contributed by atoms with Crippen molar-refractivity contribution >= 4 is 39.1 Å². The van der Waals surface area contributed by atoms with E-state index < -0.39 is 34.1 Å². The largest absolute Gasteiger partial charge is 0.497 e. The van der Waals surface area contributed by atoms with Crippen molar-refractivity contribution in [2.75, 3.05) is 18.0 Å². The summed E-state index contributed by atoms with van der Waals surface area (Å²) in [7, 11) is -2.67. The topological polar surface area (TPSA) is 96.0 Å². The number of hydrogen-bond donors (Lipinski definition) is 1. The summed E-state index contributed by atoms with van der Waals surface area (Å²) in [5.41, 5.74) is 1.96. The Morgan fingerprint density at radius 2 is 1.50 bits per heavy atom. The fourth-order valence-electron chi connectivity index (χ4n) is 4.96. The van der Waals surface area contributed by atoms with Crippen molar-refractivity contribution in [3.05, 3.63) is 125 Å². The minimum Gasteiger partial charge on any atom is -0.497 e. The van der Waals surface area contributed by atoms with Crippen LogP contribution in [0.2, 0.25) is 5.02 Å². The third kappa shape index (κ3) is 8.89. The van der Waals surface area contributed by atoms with Crippen LogP contribution >= 0.6 is 11.6 Å². The third-order valence-electron chi connectivity index (χ3n) is 7.31. The number of carbonyl (C=O) groups excluding carboxylic acids is 2. The van der Waals surface area contributed by atoms with Crippen molar-refractivity contribution in [2.24, 2.45) is 0 Å². The molecule has 0 aliphatic rings. The molecule has 4 aromatic carbocycles. The van der Waals surface area contributed by atoms with Gasteiger partial charge in [-0.1, -0.05) is 78.3 Å². The number of carbonyl (C=O) groups is 2. The van der Waals surface area contributed by atoms with Crippen molar-refractivity contribution in [1.82, 2.24) is 10.2 Å². The Morgan fingerprint density at radius 3 is 2.11 bits per heavy atom. The summed E-state index contributed by atoms with van der Waals surface area (Å²) in [5, 5.41) is 3.39. The van der Waals surface area contributed by atoms with Crippen LogP contribution in [0.5, 0.6) is 5.75 Å². The highest BCUT2D eigenvalue weighted by atomic mass is 35.5. The van der Waals surface area contributed by atoms with Crippen LogP contribution in [-0.2, 0) is 32.6 Å². The molecule has 0 radical (unpaired) electrons. The fourth-order valence-corrected chi connectivity index (χ4v) is 6.56. The van der Waals surface area contributed by atoms with Crippen molar-refractivity contribution in [3.63, 3.8) is 0 Å². The highest BCUT2D eigenvalue weighted by Crippen LogP contribution is 2.29. The van der Waals surface area contributed by atoms with Gasteiger partial charge in [0.05, 0.1) is 17.7 Å². The van der Waals surface area contributed by atoms with Crippen LogP contribution in [-0.4, -0.2) is 50.4 Å². The number of benzene rings is 4. The van der Waals surface area contributed by atoms with E-state index in [1.54, 1.807) is 55.6 Å². The molecule has 0 saturated heterocycles. The lowest BCUT2D eigenvalue weighted by atomic mass is 10.0. The van der Waals surface area contributed by atoms with E-state index in [0.29, 0.717) is 16.3 Å². The predicted octanol–water partition coefficient (Wildman–Crippen LogP) is 6.41. The Bertz CT molecular complexity index is 1760. The van der Waals surface area contributed by atoms with Gasteiger partial charge < -0.3 is 15.0 Å². The van der Waals surface area contributed by atoms with Gasteiger partial charge >= 0.3 is 0 Å². The Kier molecular flexibility index (Phi) is 11.1. The number of methoxy groups -OCH3 is 1. The van der Waals surface area contributed by atoms with E-state index in [1.165, 1.54) is 23.1 Å². The second-order valence-electron chi connectivity index (χ2n) is 12.1. The van der Waals surface area contributed by atoms with Gasteiger partial charge in [0.2, 0.25) is 11.8 Å². The first-order valence-electron chi connectivity index (χ1n) is 14.9. The second-order valence-corrected chi connectivity index (χ2v) is 14.3.